The van der Waals surface area contributed by atoms with Crippen molar-refractivity contribution in [2.24, 2.45) is 0 Å². The summed E-state index contributed by atoms with van der Waals surface area (Å²) in [6.07, 6.45) is 4.52. The lowest BCUT2D eigenvalue weighted by molar-refractivity contribution is -0.139. The molecule has 6 heteroatoms. The molecule has 0 unspecified atom stereocenters. The zero-order valence-electron chi connectivity index (χ0n) is 13.0. The van der Waals surface area contributed by atoms with Gasteiger partial charge in [0.05, 0.1) is 24.2 Å². The number of methoxy groups -OCH3 is 1. The molecule has 1 aromatic rings. The van der Waals surface area contributed by atoms with Gasteiger partial charge in [-0.1, -0.05) is 13.3 Å². The maximum atomic E-state index is 11.1. The minimum atomic E-state index is -0.243. The van der Waals surface area contributed by atoms with Gasteiger partial charge in [0.2, 0.25) is 0 Å². The summed E-state index contributed by atoms with van der Waals surface area (Å²) in [7, 11) is 1.39. The number of aromatic nitrogens is 1. The monoisotopic (exact) mass is 314 g/mol. The molecule has 0 bridgehead atoms. The van der Waals surface area contributed by atoms with Crippen LogP contribution in [0.25, 0.3) is 0 Å². The summed E-state index contributed by atoms with van der Waals surface area (Å²) in [5, 5.41) is 6.36. The third kappa shape index (κ3) is 8.80. The highest BCUT2D eigenvalue weighted by molar-refractivity contribution is 7.09. The van der Waals surface area contributed by atoms with E-state index >= 15 is 0 Å². The highest BCUT2D eigenvalue weighted by Crippen LogP contribution is 2.11. The van der Waals surface area contributed by atoms with Gasteiger partial charge in [0.1, 0.15) is 0 Å². The second-order valence-corrected chi connectivity index (χ2v) is 5.75. The number of ether oxygens (including phenoxy) is 2. The van der Waals surface area contributed by atoms with E-state index in [2.05, 4.69) is 22.0 Å². The third-order valence-electron chi connectivity index (χ3n) is 2.95. The van der Waals surface area contributed by atoms with Gasteiger partial charge in [-0.15, -0.1) is 11.3 Å². The number of unbranched alkanes of at least 4 members (excludes halogenated alkanes) is 1. The minimum absolute atomic E-state index is 0.243. The normalized spacial score (nSPS) is 10.8. The van der Waals surface area contributed by atoms with Crippen molar-refractivity contribution in [3.63, 3.8) is 0 Å². The van der Waals surface area contributed by atoms with Gasteiger partial charge in [0, 0.05) is 31.6 Å². The zero-order chi connectivity index (χ0) is 15.3. The number of carbonyl (C=O) groups excluding carboxylic acids is 1. The van der Waals surface area contributed by atoms with E-state index in [4.69, 9.17) is 4.74 Å². The average molecular weight is 314 g/mol. The van der Waals surface area contributed by atoms with Gasteiger partial charge in [0.15, 0.2) is 0 Å². The van der Waals surface area contributed by atoms with Gasteiger partial charge in [-0.05, 0) is 19.4 Å². The molecular weight excluding hydrogens is 288 g/mol. The molecule has 0 aromatic carbocycles. The lowest BCUT2D eigenvalue weighted by Gasteiger charge is -2.04. The van der Waals surface area contributed by atoms with Crippen LogP contribution in [0.1, 0.15) is 36.9 Å². The standard InChI is InChI=1S/C15H26N2O3S/c1-3-4-9-20-10-5-7-16-8-6-14-17-13(12-21-14)11-15(18)19-2/h12,16H,3-11H2,1-2H3. The second-order valence-electron chi connectivity index (χ2n) is 4.80. The highest BCUT2D eigenvalue weighted by atomic mass is 32.1. The van der Waals surface area contributed by atoms with E-state index in [0.29, 0.717) is 0 Å². The SMILES string of the molecule is CCCCOCCCNCCc1nc(CC(=O)OC)cs1. The number of nitrogens with one attached hydrogen (secondary N) is 1. The number of esters is 1. The number of thiazole rings is 1. The van der Waals surface area contributed by atoms with E-state index in [1.54, 1.807) is 11.3 Å². The van der Waals surface area contributed by atoms with E-state index in [9.17, 15) is 4.79 Å². The molecule has 0 fully saturated rings. The molecule has 120 valence electrons. The van der Waals surface area contributed by atoms with Crippen LogP contribution in [-0.4, -0.2) is 44.4 Å². The first-order valence-corrected chi connectivity index (χ1v) is 8.42. The smallest absolute Gasteiger partial charge is 0.311 e. The molecule has 0 radical (unpaired) electrons. The van der Waals surface area contributed by atoms with Crippen molar-refractivity contribution in [1.82, 2.24) is 10.3 Å². The Kier molecular flexibility index (Phi) is 10.0. The molecular formula is C15H26N2O3S. The molecule has 0 aliphatic rings. The molecule has 1 N–H and O–H groups in total. The van der Waals surface area contributed by atoms with Crippen LogP contribution in [0.5, 0.6) is 0 Å². The van der Waals surface area contributed by atoms with Crippen LogP contribution in [0.3, 0.4) is 0 Å². The maximum absolute atomic E-state index is 11.1. The van der Waals surface area contributed by atoms with E-state index in [-0.39, 0.29) is 12.4 Å². The summed E-state index contributed by atoms with van der Waals surface area (Å²) in [4.78, 5) is 15.6. The summed E-state index contributed by atoms with van der Waals surface area (Å²) in [5.74, 6) is -0.243. The van der Waals surface area contributed by atoms with Crippen molar-refractivity contribution in [2.75, 3.05) is 33.4 Å². The molecule has 5 nitrogen and oxygen atoms in total. The van der Waals surface area contributed by atoms with E-state index in [0.717, 1.165) is 56.3 Å². The molecule has 0 saturated heterocycles. The van der Waals surface area contributed by atoms with Crippen LogP contribution in [0.4, 0.5) is 0 Å². The fourth-order valence-electron chi connectivity index (χ4n) is 1.73. The van der Waals surface area contributed by atoms with Crippen LogP contribution in [0, 0.1) is 0 Å². The van der Waals surface area contributed by atoms with E-state index in [1.165, 1.54) is 13.5 Å². The van der Waals surface area contributed by atoms with Crippen molar-refractivity contribution in [1.29, 1.82) is 0 Å². The highest BCUT2D eigenvalue weighted by Gasteiger charge is 2.07. The summed E-state index contributed by atoms with van der Waals surface area (Å²) in [6.45, 7) is 5.74. The van der Waals surface area contributed by atoms with E-state index < -0.39 is 0 Å². The summed E-state index contributed by atoms with van der Waals surface area (Å²) in [6, 6.07) is 0. The molecule has 1 aromatic heterocycles. The average Bonchev–Trinajstić information content (AvgIpc) is 2.93. The van der Waals surface area contributed by atoms with Crippen LogP contribution in [0.2, 0.25) is 0 Å². The Morgan fingerprint density at radius 3 is 2.90 bits per heavy atom. The topological polar surface area (TPSA) is 60.5 Å². The van der Waals surface area contributed by atoms with Gasteiger partial charge in [-0.25, -0.2) is 4.98 Å². The summed E-state index contributed by atoms with van der Waals surface area (Å²) < 4.78 is 10.1. The molecule has 0 amide bonds. The Morgan fingerprint density at radius 2 is 2.14 bits per heavy atom. The number of hydrogen-bond acceptors (Lipinski definition) is 6. The zero-order valence-corrected chi connectivity index (χ0v) is 13.8. The summed E-state index contributed by atoms with van der Waals surface area (Å²) >= 11 is 1.60. The Bertz CT molecular complexity index is 396. The van der Waals surface area contributed by atoms with Gasteiger partial charge >= 0.3 is 5.97 Å². The molecule has 0 spiro atoms. The summed E-state index contributed by atoms with van der Waals surface area (Å²) in [5.41, 5.74) is 0.797. The predicted octanol–water partition coefficient (Wildman–Crippen LogP) is 2.20. The predicted molar refractivity (Wildman–Crippen MR) is 84.8 cm³/mol. The molecule has 0 aliphatic heterocycles. The van der Waals surface area contributed by atoms with Crippen LogP contribution >= 0.6 is 11.3 Å². The van der Waals surface area contributed by atoms with Gasteiger partial charge < -0.3 is 14.8 Å². The van der Waals surface area contributed by atoms with E-state index in [1.807, 2.05) is 5.38 Å². The number of rotatable bonds is 12. The maximum Gasteiger partial charge on any atom is 0.311 e. The lowest BCUT2D eigenvalue weighted by atomic mass is 10.3. The fraction of sp³-hybridized carbons (Fsp3) is 0.733. The fourth-order valence-corrected chi connectivity index (χ4v) is 2.53. The molecule has 1 heterocycles. The van der Waals surface area contributed by atoms with Crippen LogP contribution in [0.15, 0.2) is 5.38 Å². The largest absolute Gasteiger partial charge is 0.469 e. The first-order chi connectivity index (χ1) is 10.3. The quantitative estimate of drug-likeness (QED) is 0.473. The minimum Gasteiger partial charge on any atom is -0.469 e. The van der Waals surface area contributed by atoms with Crippen LogP contribution in [-0.2, 0) is 27.1 Å². The number of nitrogens with zero attached hydrogens (tertiary/aromatic N) is 1. The Hall–Kier alpha value is -0.980. The molecule has 0 atom stereocenters. The third-order valence-corrected chi connectivity index (χ3v) is 3.91. The van der Waals surface area contributed by atoms with Crippen molar-refractivity contribution < 1.29 is 14.3 Å². The Morgan fingerprint density at radius 1 is 1.33 bits per heavy atom. The van der Waals surface area contributed by atoms with Gasteiger partial charge in [-0.3, -0.25) is 4.79 Å². The Balaban J connectivity index is 2.01. The number of hydrogen-bond donors (Lipinski definition) is 1. The first kappa shape index (κ1) is 18.1. The van der Waals surface area contributed by atoms with Crippen molar-refractivity contribution in [3.8, 4) is 0 Å². The molecule has 0 aliphatic carbocycles. The van der Waals surface area contributed by atoms with Crippen molar-refractivity contribution in [2.45, 2.75) is 39.0 Å². The molecule has 0 saturated carbocycles. The van der Waals surface area contributed by atoms with Crippen molar-refractivity contribution in [3.05, 3.63) is 16.1 Å². The second kappa shape index (κ2) is 11.7. The van der Waals surface area contributed by atoms with Crippen molar-refractivity contribution >= 4 is 17.3 Å². The Labute approximate surface area is 131 Å². The molecule has 21 heavy (non-hydrogen) atoms. The van der Waals surface area contributed by atoms with Gasteiger partial charge in [0.25, 0.3) is 0 Å². The van der Waals surface area contributed by atoms with Crippen LogP contribution < -0.4 is 5.32 Å². The molecule has 1 rings (SSSR count). The number of carbonyl (C=O) groups is 1. The van der Waals surface area contributed by atoms with Gasteiger partial charge in [-0.2, -0.15) is 0 Å². The first-order valence-electron chi connectivity index (χ1n) is 7.54. The lowest BCUT2D eigenvalue weighted by Crippen LogP contribution is -2.19.